The van der Waals surface area contributed by atoms with Gasteiger partial charge in [0.2, 0.25) is 0 Å². The first-order chi connectivity index (χ1) is 10.0. The van der Waals surface area contributed by atoms with E-state index in [0.29, 0.717) is 17.0 Å². The Morgan fingerprint density at radius 1 is 1.10 bits per heavy atom. The first kappa shape index (κ1) is 15.8. The van der Waals surface area contributed by atoms with E-state index in [1.54, 1.807) is 24.3 Å². The van der Waals surface area contributed by atoms with Gasteiger partial charge in [-0.2, -0.15) is 0 Å². The first-order valence-corrected chi connectivity index (χ1v) is 7.33. The van der Waals surface area contributed by atoms with E-state index in [-0.39, 0.29) is 11.7 Å². The number of aromatic hydroxyl groups is 1. The van der Waals surface area contributed by atoms with E-state index in [2.05, 4.69) is 0 Å². The quantitative estimate of drug-likeness (QED) is 0.794. The molecule has 0 aliphatic heterocycles. The molecule has 21 heavy (non-hydrogen) atoms. The molecule has 0 aliphatic rings. The fourth-order valence-electron chi connectivity index (χ4n) is 2.40. The van der Waals surface area contributed by atoms with Gasteiger partial charge in [0.05, 0.1) is 6.10 Å². The summed E-state index contributed by atoms with van der Waals surface area (Å²) < 4.78 is 0. The molecule has 2 aromatic rings. The number of aliphatic hydroxyl groups excluding tert-OH is 1. The Balaban J connectivity index is 2.10. The van der Waals surface area contributed by atoms with Crippen molar-refractivity contribution >= 4 is 11.6 Å². The molecule has 0 amide bonds. The van der Waals surface area contributed by atoms with Crippen LogP contribution < -0.4 is 5.73 Å². The highest BCUT2D eigenvalue weighted by molar-refractivity contribution is 6.31. The van der Waals surface area contributed by atoms with Crippen molar-refractivity contribution in [1.82, 2.24) is 0 Å². The van der Waals surface area contributed by atoms with Gasteiger partial charge in [-0.3, -0.25) is 0 Å². The highest BCUT2D eigenvalue weighted by Gasteiger charge is 2.25. The summed E-state index contributed by atoms with van der Waals surface area (Å²) in [5.74, 6) is 0.0740. The minimum absolute atomic E-state index is 0.0134. The van der Waals surface area contributed by atoms with Crippen LogP contribution in [-0.4, -0.2) is 16.3 Å². The third kappa shape index (κ3) is 3.76. The van der Waals surface area contributed by atoms with Gasteiger partial charge in [-0.05, 0) is 30.0 Å². The van der Waals surface area contributed by atoms with Crippen molar-refractivity contribution in [3.8, 4) is 5.75 Å². The molecule has 3 atom stereocenters. The Morgan fingerprint density at radius 3 is 2.38 bits per heavy atom. The number of phenols is 1. The second-order valence-corrected chi connectivity index (χ2v) is 5.76. The number of rotatable bonds is 5. The number of aliphatic hydroxyl groups is 1. The molecule has 112 valence electrons. The van der Waals surface area contributed by atoms with Crippen molar-refractivity contribution in [3.63, 3.8) is 0 Å². The molecule has 0 aliphatic carbocycles. The molecule has 2 rings (SSSR count). The number of hydrogen-bond acceptors (Lipinski definition) is 3. The Kier molecular flexibility index (Phi) is 5.23. The van der Waals surface area contributed by atoms with Crippen molar-refractivity contribution in [3.05, 3.63) is 64.7 Å². The largest absolute Gasteiger partial charge is 0.508 e. The summed E-state index contributed by atoms with van der Waals surface area (Å²) in [6.45, 7) is 1.97. The molecular weight excluding hydrogens is 286 g/mol. The molecule has 0 spiro atoms. The average Bonchev–Trinajstić information content (AvgIpc) is 2.48. The van der Waals surface area contributed by atoms with Crippen LogP contribution in [0.15, 0.2) is 48.5 Å². The van der Waals surface area contributed by atoms with Gasteiger partial charge in [-0.1, -0.05) is 54.9 Å². The Morgan fingerprint density at radius 2 is 1.71 bits per heavy atom. The molecule has 4 heteroatoms. The maximum absolute atomic E-state index is 10.4. The third-order valence-electron chi connectivity index (χ3n) is 3.78. The third-order valence-corrected chi connectivity index (χ3v) is 4.15. The lowest BCUT2D eigenvalue weighted by Gasteiger charge is -2.26. The molecular formula is C17H20ClNO2. The Hall–Kier alpha value is -1.55. The molecule has 0 heterocycles. The molecule has 0 bridgehead atoms. The number of halogens is 1. The van der Waals surface area contributed by atoms with Gasteiger partial charge >= 0.3 is 0 Å². The van der Waals surface area contributed by atoms with Gasteiger partial charge in [0.15, 0.2) is 0 Å². The van der Waals surface area contributed by atoms with Crippen LogP contribution in [0.3, 0.4) is 0 Å². The summed E-state index contributed by atoms with van der Waals surface area (Å²) in [7, 11) is 0. The zero-order valence-corrected chi connectivity index (χ0v) is 12.7. The van der Waals surface area contributed by atoms with Gasteiger partial charge in [0.1, 0.15) is 5.75 Å². The molecule has 3 unspecified atom stereocenters. The van der Waals surface area contributed by atoms with Crippen molar-refractivity contribution in [1.29, 1.82) is 0 Å². The van der Waals surface area contributed by atoms with Gasteiger partial charge in [-0.25, -0.2) is 0 Å². The lowest BCUT2D eigenvalue weighted by atomic mass is 9.88. The van der Waals surface area contributed by atoms with Crippen LogP contribution in [0, 0.1) is 5.92 Å². The first-order valence-electron chi connectivity index (χ1n) is 6.95. The Labute approximate surface area is 130 Å². The zero-order chi connectivity index (χ0) is 15.4. The summed E-state index contributed by atoms with van der Waals surface area (Å²) >= 11 is 6.15. The number of phenolic OH excluding ortho intramolecular Hbond substituents is 1. The van der Waals surface area contributed by atoms with E-state index in [0.717, 1.165) is 5.56 Å². The maximum Gasteiger partial charge on any atom is 0.121 e. The summed E-state index contributed by atoms with van der Waals surface area (Å²) in [5, 5.41) is 20.9. The standard InChI is InChI=1S/C17H20ClNO2/c1-11(10-12-6-2-4-8-14(12)18)16(19)17(21)13-7-3-5-9-15(13)20/h2-9,11,16-17,20-21H,10,19H2,1H3. The average molecular weight is 306 g/mol. The normalized spacial score (nSPS) is 15.4. The Bertz CT molecular complexity index is 603. The smallest absolute Gasteiger partial charge is 0.121 e. The lowest BCUT2D eigenvalue weighted by Crippen LogP contribution is -2.36. The van der Waals surface area contributed by atoms with E-state index in [4.69, 9.17) is 17.3 Å². The highest BCUT2D eigenvalue weighted by atomic mass is 35.5. The van der Waals surface area contributed by atoms with Crippen LogP contribution in [0.1, 0.15) is 24.2 Å². The maximum atomic E-state index is 10.4. The number of benzene rings is 2. The van der Waals surface area contributed by atoms with Crippen LogP contribution in [0.25, 0.3) is 0 Å². The monoisotopic (exact) mass is 305 g/mol. The minimum Gasteiger partial charge on any atom is -0.508 e. The lowest BCUT2D eigenvalue weighted by molar-refractivity contribution is 0.119. The SMILES string of the molecule is CC(Cc1ccccc1Cl)C(N)C(O)c1ccccc1O. The molecule has 0 saturated carbocycles. The predicted molar refractivity (Wildman–Crippen MR) is 85.4 cm³/mol. The summed E-state index contributed by atoms with van der Waals surface area (Å²) in [5.41, 5.74) is 7.62. The molecule has 2 aromatic carbocycles. The molecule has 0 radical (unpaired) electrons. The minimum atomic E-state index is -0.913. The molecule has 0 saturated heterocycles. The van der Waals surface area contributed by atoms with E-state index in [1.165, 1.54) is 0 Å². The molecule has 0 fully saturated rings. The van der Waals surface area contributed by atoms with Crippen molar-refractivity contribution in [2.75, 3.05) is 0 Å². The topological polar surface area (TPSA) is 66.5 Å². The van der Waals surface area contributed by atoms with Crippen LogP contribution >= 0.6 is 11.6 Å². The number of hydrogen-bond donors (Lipinski definition) is 3. The summed E-state index contributed by atoms with van der Waals surface area (Å²) in [6.07, 6.45) is -0.241. The van der Waals surface area contributed by atoms with E-state index in [1.807, 2.05) is 31.2 Å². The molecule has 4 N–H and O–H groups in total. The van der Waals surface area contributed by atoms with Gasteiger partial charge in [-0.15, -0.1) is 0 Å². The van der Waals surface area contributed by atoms with Crippen LogP contribution in [0.5, 0.6) is 5.75 Å². The van der Waals surface area contributed by atoms with Crippen LogP contribution in [0.2, 0.25) is 5.02 Å². The van der Waals surface area contributed by atoms with E-state index in [9.17, 15) is 10.2 Å². The van der Waals surface area contributed by atoms with Gasteiger partial charge in [0.25, 0.3) is 0 Å². The number of para-hydroxylation sites is 1. The second-order valence-electron chi connectivity index (χ2n) is 5.35. The fraction of sp³-hybridized carbons (Fsp3) is 0.294. The highest BCUT2D eigenvalue weighted by Crippen LogP contribution is 2.29. The van der Waals surface area contributed by atoms with Crippen molar-refractivity contribution in [2.24, 2.45) is 11.7 Å². The summed E-state index contributed by atoms with van der Waals surface area (Å²) in [4.78, 5) is 0. The van der Waals surface area contributed by atoms with Crippen LogP contribution in [-0.2, 0) is 6.42 Å². The second kappa shape index (κ2) is 6.94. The van der Waals surface area contributed by atoms with Crippen LogP contribution in [0.4, 0.5) is 0 Å². The van der Waals surface area contributed by atoms with E-state index >= 15 is 0 Å². The number of nitrogens with two attached hydrogens (primary N) is 1. The molecule has 0 aromatic heterocycles. The zero-order valence-electron chi connectivity index (χ0n) is 11.9. The van der Waals surface area contributed by atoms with Gasteiger partial charge in [0, 0.05) is 16.6 Å². The summed E-state index contributed by atoms with van der Waals surface area (Å²) in [6, 6.07) is 13.8. The van der Waals surface area contributed by atoms with Crippen molar-refractivity contribution < 1.29 is 10.2 Å². The fourth-order valence-corrected chi connectivity index (χ4v) is 2.62. The van der Waals surface area contributed by atoms with Gasteiger partial charge < -0.3 is 15.9 Å². The van der Waals surface area contributed by atoms with Crippen molar-refractivity contribution in [2.45, 2.75) is 25.5 Å². The predicted octanol–water partition coefficient (Wildman–Crippen LogP) is 3.29. The molecule has 3 nitrogen and oxygen atoms in total. The van der Waals surface area contributed by atoms with E-state index < -0.39 is 12.1 Å².